The van der Waals surface area contributed by atoms with Gasteiger partial charge in [-0.25, -0.2) is 0 Å². The van der Waals surface area contributed by atoms with Crippen LogP contribution in [0.25, 0.3) is 0 Å². The van der Waals surface area contributed by atoms with Gasteiger partial charge in [-0.15, -0.1) is 0 Å². The monoisotopic (exact) mass is 236 g/mol. The number of hydrogen-bond acceptors (Lipinski definition) is 1. The number of nitrogens with zero attached hydrogens (tertiary/aromatic N) is 1. The average Bonchev–Trinajstić information content (AvgIpc) is 2.63. The molecule has 1 N–H and O–H groups in total. The summed E-state index contributed by atoms with van der Waals surface area (Å²) in [4.78, 5) is 1.18. The largest absolute Gasteiger partial charge is 0.405 e. The molecule has 1 fully saturated rings. The second-order valence-electron chi connectivity index (χ2n) is 4.70. The Morgan fingerprint density at radius 2 is 1.81 bits per heavy atom. The third kappa shape index (κ3) is 3.68. The molecule has 0 aromatic rings. The SMILES string of the molecule is CC(C)N(CC(F)(F)F)C(=N)C1CCCC1. The molecule has 2 nitrogen and oxygen atoms in total. The van der Waals surface area contributed by atoms with E-state index in [-0.39, 0.29) is 17.8 Å². The zero-order valence-electron chi connectivity index (χ0n) is 9.77. The van der Waals surface area contributed by atoms with Crippen molar-refractivity contribution in [1.29, 1.82) is 5.41 Å². The predicted octanol–water partition coefficient (Wildman–Crippen LogP) is 3.43. The Kier molecular flexibility index (Phi) is 4.21. The molecule has 0 aromatic carbocycles. The molecule has 0 aromatic heterocycles. The van der Waals surface area contributed by atoms with Crippen LogP contribution in [0.2, 0.25) is 0 Å². The lowest BCUT2D eigenvalue weighted by Crippen LogP contribution is -2.45. The lowest BCUT2D eigenvalue weighted by Gasteiger charge is -2.32. The Labute approximate surface area is 94.3 Å². The molecule has 0 atom stereocenters. The van der Waals surface area contributed by atoms with Crippen molar-refractivity contribution in [3.63, 3.8) is 0 Å². The summed E-state index contributed by atoms with van der Waals surface area (Å²) < 4.78 is 37.1. The van der Waals surface area contributed by atoms with Crippen LogP contribution in [0, 0.1) is 11.3 Å². The fraction of sp³-hybridized carbons (Fsp3) is 0.909. The maximum Gasteiger partial charge on any atom is 0.405 e. The number of hydrogen-bond donors (Lipinski definition) is 1. The van der Waals surface area contributed by atoms with Crippen LogP contribution in [0.1, 0.15) is 39.5 Å². The Balaban J connectivity index is 2.65. The summed E-state index contributed by atoms with van der Waals surface area (Å²) in [7, 11) is 0. The van der Waals surface area contributed by atoms with Gasteiger partial charge < -0.3 is 4.90 Å². The molecule has 5 heteroatoms. The van der Waals surface area contributed by atoms with Crippen molar-refractivity contribution in [1.82, 2.24) is 4.90 Å². The zero-order valence-corrected chi connectivity index (χ0v) is 9.77. The number of halogens is 3. The first-order valence-corrected chi connectivity index (χ1v) is 5.73. The van der Waals surface area contributed by atoms with Crippen LogP contribution < -0.4 is 0 Å². The Hall–Kier alpha value is -0.740. The molecule has 0 saturated heterocycles. The van der Waals surface area contributed by atoms with Gasteiger partial charge in [0.25, 0.3) is 0 Å². The van der Waals surface area contributed by atoms with E-state index in [0.29, 0.717) is 0 Å². The molecule has 0 unspecified atom stereocenters. The third-order valence-electron chi connectivity index (χ3n) is 3.02. The van der Waals surface area contributed by atoms with E-state index in [9.17, 15) is 13.2 Å². The summed E-state index contributed by atoms with van der Waals surface area (Å²) >= 11 is 0. The lowest BCUT2D eigenvalue weighted by atomic mass is 10.1. The second-order valence-corrected chi connectivity index (χ2v) is 4.70. The first kappa shape index (κ1) is 13.3. The fourth-order valence-corrected chi connectivity index (χ4v) is 2.17. The molecule has 1 saturated carbocycles. The zero-order chi connectivity index (χ0) is 12.3. The minimum atomic E-state index is -4.23. The van der Waals surface area contributed by atoms with E-state index in [1.54, 1.807) is 13.8 Å². The molecule has 0 bridgehead atoms. The van der Waals surface area contributed by atoms with Gasteiger partial charge in [-0.3, -0.25) is 5.41 Å². The molecule has 94 valence electrons. The minimum absolute atomic E-state index is 0.0322. The summed E-state index contributed by atoms with van der Waals surface area (Å²) in [6.45, 7) is 2.41. The van der Waals surface area contributed by atoms with Crippen LogP contribution in [-0.4, -0.2) is 29.5 Å². The molecule has 0 heterocycles. The van der Waals surface area contributed by atoms with E-state index in [1.807, 2.05) is 0 Å². The molecule has 1 aliphatic carbocycles. The lowest BCUT2D eigenvalue weighted by molar-refractivity contribution is -0.141. The maximum atomic E-state index is 12.4. The van der Waals surface area contributed by atoms with E-state index in [2.05, 4.69) is 0 Å². The average molecular weight is 236 g/mol. The quantitative estimate of drug-likeness (QED) is 0.590. The van der Waals surface area contributed by atoms with Crippen LogP contribution in [-0.2, 0) is 0 Å². The molecule has 0 radical (unpaired) electrons. The number of nitrogens with one attached hydrogen (secondary N) is 1. The van der Waals surface area contributed by atoms with Crippen LogP contribution in [0.15, 0.2) is 0 Å². The van der Waals surface area contributed by atoms with E-state index < -0.39 is 12.7 Å². The van der Waals surface area contributed by atoms with Gasteiger partial charge in [-0.1, -0.05) is 12.8 Å². The fourth-order valence-electron chi connectivity index (χ4n) is 2.17. The van der Waals surface area contributed by atoms with Gasteiger partial charge in [0.1, 0.15) is 6.54 Å². The molecule has 0 aliphatic heterocycles. The van der Waals surface area contributed by atoms with Crippen molar-refractivity contribution in [3.8, 4) is 0 Å². The molecule has 1 rings (SSSR count). The first-order valence-electron chi connectivity index (χ1n) is 5.73. The standard InChI is InChI=1S/C11H19F3N2/c1-8(2)16(7-11(12,13)14)10(15)9-5-3-4-6-9/h8-9,15H,3-7H2,1-2H3. The number of rotatable bonds is 3. The van der Waals surface area contributed by atoms with Gasteiger partial charge in [-0.2, -0.15) is 13.2 Å². The van der Waals surface area contributed by atoms with E-state index in [4.69, 9.17) is 5.41 Å². The molecule has 16 heavy (non-hydrogen) atoms. The summed E-state index contributed by atoms with van der Waals surface area (Å²) in [5.74, 6) is 0.203. The van der Waals surface area contributed by atoms with Crippen LogP contribution in [0.4, 0.5) is 13.2 Å². The normalized spacial score (nSPS) is 18.1. The van der Waals surface area contributed by atoms with Gasteiger partial charge in [0.05, 0.1) is 5.84 Å². The summed E-state index contributed by atoms with van der Waals surface area (Å²) in [5.41, 5.74) is 0. The molecule has 0 amide bonds. The highest BCUT2D eigenvalue weighted by Gasteiger charge is 2.35. The van der Waals surface area contributed by atoms with Crippen LogP contribution in [0.5, 0.6) is 0 Å². The van der Waals surface area contributed by atoms with E-state index >= 15 is 0 Å². The molecular formula is C11H19F3N2. The predicted molar refractivity (Wildman–Crippen MR) is 57.6 cm³/mol. The first-order chi connectivity index (χ1) is 7.31. The van der Waals surface area contributed by atoms with Gasteiger partial charge in [0.2, 0.25) is 0 Å². The van der Waals surface area contributed by atoms with Crippen molar-refractivity contribution in [2.45, 2.75) is 51.7 Å². The Morgan fingerprint density at radius 1 is 1.31 bits per heavy atom. The summed E-state index contributed by atoms with van der Waals surface area (Å²) in [5, 5.41) is 7.88. The van der Waals surface area contributed by atoms with Crippen LogP contribution in [0.3, 0.4) is 0 Å². The van der Waals surface area contributed by atoms with Crippen molar-refractivity contribution in [2.75, 3.05) is 6.54 Å². The highest BCUT2D eigenvalue weighted by molar-refractivity contribution is 5.82. The number of alkyl halides is 3. The van der Waals surface area contributed by atoms with Gasteiger partial charge >= 0.3 is 6.18 Å². The summed E-state index contributed by atoms with van der Waals surface area (Å²) in [6.07, 6.45) is -0.439. The Morgan fingerprint density at radius 3 is 2.19 bits per heavy atom. The van der Waals surface area contributed by atoms with Crippen LogP contribution >= 0.6 is 0 Å². The van der Waals surface area contributed by atoms with Gasteiger partial charge in [-0.05, 0) is 26.7 Å². The second kappa shape index (κ2) is 5.06. The Bertz CT molecular complexity index is 242. The van der Waals surface area contributed by atoms with E-state index in [1.165, 1.54) is 4.90 Å². The summed E-state index contributed by atoms with van der Waals surface area (Å²) in [6, 6.07) is -0.269. The molecule has 1 aliphatic rings. The number of amidine groups is 1. The topological polar surface area (TPSA) is 27.1 Å². The van der Waals surface area contributed by atoms with Crippen molar-refractivity contribution in [3.05, 3.63) is 0 Å². The highest BCUT2D eigenvalue weighted by Crippen LogP contribution is 2.29. The van der Waals surface area contributed by atoms with Crippen molar-refractivity contribution >= 4 is 5.84 Å². The smallest absolute Gasteiger partial charge is 0.349 e. The maximum absolute atomic E-state index is 12.4. The highest BCUT2D eigenvalue weighted by atomic mass is 19.4. The van der Waals surface area contributed by atoms with E-state index in [0.717, 1.165) is 25.7 Å². The minimum Gasteiger partial charge on any atom is -0.349 e. The van der Waals surface area contributed by atoms with Gasteiger partial charge in [0, 0.05) is 12.0 Å². The van der Waals surface area contributed by atoms with Gasteiger partial charge in [0.15, 0.2) is 0 Å². The molecule has 0 spiro atoms. The third-order valence-corrected chi connectivity index (χ3v) is 3.02. The molecular weight excluding hydrogens is 217 g/mol. The van der Waals surface area contributed by atoms with Crippen molar-refractivity contribution < 1.29 is 13.2 Å². The van der Waals surface area contributed by atoms with Crippen molar-refractivity contribution in [2.24, 2.45) is 5.92 Å².